The average molecular weight is 290 g/mol. The van der Waals surface area contributed by atoms with E-state index < -0.39 is 0 Å². The largest absolute Gasteiger partial charge is 0.384 e. The molecule has 0 radical (unpaired) electrons. The van der Waals surface area contributed by atoms with Crippen molar-refractivity contribution in [2.45, 2.75) is 6.54 Å². The number of aromatic nitrogens is 3. The fourth-order valence-corrected chi connectivity index (χ4v) is 2.37. The minimum absolute atomic E-state index is 0.263. The molecule has 0 bridgehead atoms. The molecule has 0 saturated heterocycles. The number of nitrogens with two attached hydrogens (primary N) is 2. The van der Waals surface area contributed by atoms with Crippen molar-refractivity contribution in [3.63, 3.8) is 0 Å². The van der Waals surface area contributed by atoms with Crippen LogP contribution in [0.25, 0.3) is 17.1 Å². The van der Waals surface area contributed by atoms with E-state index in [1.54, 1.807) is 4.57 Å². The maximum atomic E-state index is 9.29. The predicted octanol–water partition coefficient (Wildman–Crippen LogP) is 2.18. The third kappa shape index (κ3) is 2.25. The van der Waals surface area contributed by atoms with Gasteiger partial charge in [-0.3, -0.25) is 0 Å². The van der Waals surface area contributed by atoms with Crippen LogP contribution in [0.15, 0.2) is 42.7 Å². The molecule has 0 atom stereocenters. The molecular weight excluding hydrogens is 276 g/mol. The van der Waals surface area contributed by atoms with Crippen molar-refractivity contribution in [2.24, 2.45) is 0 Å². The maximum absolute atomic E-state index is 9.29. The van der Waals surface area contributed by atoms with E-state index in [2.05, 4.69) is 16.0 Å². The highest BCUT2D eigenvalue weighted by Crippen LogP contribution is 2.29. The van der Waals surface area contributed by atoms with Crippen LogP contribution in [0.3, 0.4) is 0 Å². The summed E-state index contributed by atoms with van der Waals surface area (Å²) in [6.07, 6.45) is 5.32. The highest BCUT2D eigenvalue weighted by atomic mass is 15.1. The van der Waals surface area contributed by atoms with Crippen LogP contribution in [0.5, 0.6) is 0 Å². The van der Waals surface area contributed by atoms with E-state index in [9.17, 15) is 5.26 Å². The van der Waals surface area contributed by atoms with E-state index in [-0.39, 0.29) is 5.82 Å². The first kappa shape index (κ1) is 13.6. The Hall–Kier alpha value is -3.33. The summed E-state index contributed by atoms with van der Waals surface area (Å²) in [5, 5.41) is 9.80. The molecule has 0 aliphatic heterocycles. The third-order valence-electron chi connectivity index (χ3n) is 3.42. The van der Waals surface area contributed by atoms with Gasteiger partial charge in [0.25, 0.3) is 0 Å². The lowest BCUT2D eigenvalue weighted by atomic mass is 10.2. The van der Waals surface area contributed by atoms with Crippen molar-refractivity contribution >= 4 is 28.7 Å². The van der Waals surface area contributed by atoms with Crippen molar-refractivity contribution in [3.05, 3.63) is 53.9 Å². The van der Waals surface area contributed by atoms with E-state index in [1.165, 1.54) is 6.33 Å². The van der Waals surface area contributed by atoms with Gasteiger partial charge in [-0.1, -0.05) is 42.5 Å². The highest BCUT2D eigenvalue weighted by molar-refractivity contribution is 5.96. The molecule has 0 aliphatic rings. The second kappa shape index (κ2) is 5.58. The Kier molecular flexibility index (Phi) is 3.46. The number of nitrogens with zero attached hydrogens (tertiary/aromatic N) is 4. The number of nitrogen functional groups attached to an aromatic ring is 2. The summed E-state index contributed by atoms with van der Waals surface area (Å²) < 4.78 is 1.76. The van der Waals surface area contributed by atoms with Crippen molar-refractivity contribution in [1.82, 2.24) is 14.5 Å². The van der Waals surface area contributed by atoms with E-state index in [0.29, 0.717) is 29.0 Å². The zero-order valence-corrected chi connectivity index (χ0v) is 11.8. The number of benzene rings is 1. The Morgan fingerprint density at radius 2 is 1.95 bits per heavy atom. The molecule has 3 rings (SSSR count). The summed E-state index contributed by atoms with van der Waals surface area (Å²) >= 11 is 0. The van der Waals surface area contributed by atoms with Crippen LogP contribution in [0.2, 0.25) is 0 Å². The molecule has 0 saturated carbocycles. The molecule has 2 heterocycles. The third-order valence-corrected chi connectivity index (χ3v) is 3.42. The van der Waals surface area contributed by atoms with Crippen LogP contribution in [0, 0.1) is 11.3 Å². The second-order valence-corrected chi connectivity index (χ2v) is 4.75. The monoisotopic (exact) mass is 290 g/mol. The lowest BCUT2D eigenvalue weighted by molar-refractivity contribution is 0.862. The molecule has 108 valence electrons. The van der Waals surface area contributed by atoms with E-state index >= 15 is 0 Å². The zero-order chi connectivity index (χ0) is 15.5. The van der Waals surface area contributed by atoms with Crippen molar-refractivity contribution < 1.29 is 0 Å². The molecule has 0 unspecified atom stereocenters. The predicted molar refractivity (Wildman–Crippen MR) is 86.5 cm³/mol. The highest BCUT2D eigenvalue weighted by Gasteiger charge is 2.17. The van der Waals surface area contributed by atoms with Gasteiger partial charge in [0.15, 0.2) is 0 Å². The molecule has 2 aromatic heterocycles. The standard InChI is InChI=1S/C16H14N6/c17-9-12-13-14(18)20-10-21-16(13)22(15(12)19)8-4-7-11-5-2-1-3-6-11/h1-7,10H,8,19H2,(H2,18,20,21)/b7-4+. The summed E-state index contributed by atoms with van der Waals surface area (Å²) in [5.74, 6) is 0.612. The summed E-state index contributed by atoms with van der Waals surface area (Å²) in [4.78, 5) is 8.13. The zero-order valence-electron chi connectivity index (χ0n) is 11.8. The minimum Gasteiger partial charge on any atom is -0.384 e. The van der Waals surface area contributed by atoms with Gasteiger partial charge < -0.3 is 16.0 Å². The van der Waals surface area contributed by atoms with Crippen LogP contribution in [0.4, 0.5) is 11.6 Å². The van der Waals surface area contributed by atoms with Crippen LogP contribution >= 0.6 is 0 Å². The van der Waals surface area contributed by atoms with Gasteiger partial charge in [-0.2, -0.15) is 5.26 Å². The lowest BCUT2D eigenvalue weighted by Gasteiger charge is -2.03. The minimum atomic E-state index is 0.263. The van der Waals surface area contributed by atoms with Crippen LogP contribution in [-0.4, -0.2) is 14.5 Å². The fourth-order valence-electron chi connectivity index (χ4n) is 2.37. The van der Waals surface area contributed by atoms with Crippen molar-refractivity contribution in [2.75, 3.05) is 11.5 Å². The molecule has 0 amide bonds. The maximum Gasteiger partial charge on any atom is 0.148 e. The summed E-state index contributed by atoms with van der Waals surface area (Å²) in [7, 11) is 0. The fraction of sp³-hybridized carbons (Fsp3) is 0.0625. The first-order chi connectivity index (χ1) is 10.7. The number of allylic oxidation sites excluding steroid dienone is 1. The van der Waals surface area contributed by atoms with Crippen molar-refractivity contribution in [1.29, 1.82) is 5.26 Å². The number of nitriles is 1. The number of rotatable bonds is 3. The van der Waals surface area contributed by atoms with Gasteiger partial charge in [0.2, 0.25) is 0 Å². The van der Waals surface area contributed by atoms with Gasteiger partial charge in [0, 0.05) is 6.54 Å². The Morgan fingerprint density at radius 3 is 2.68 bits per heavy atom. The Balaban J connectivity index is 2.01. The Bertz CT molecular complexity index is 886. The number of anilines is 2. The first-order valence-electron chi connectivity index (χ1n) is 6.72. The van der Waals surface area contributed by atoms with Gasteiger partial charge in [-0.15, -0.1) is 0 Å². The molecule has 22 heavy (non-hydrogen) atoms. The molecule has 6 nitrogen and oxygen atoms in total. The summed E-state index contributed by atoms with van der Waals surface area (Å²) in [5.41, 5.74) is 13.9. The molecule has 4 N–H and O–H groups in total. The van der Waals surface area contributed by atoms with Gasteiger partial charge in [0.05, 0.1) is 5.39 Å². The average Bonchev–Trinajstić information content (AvgIpc) is 2.82. The first-order valence-corrected chi connectivity index (χ1v) is 6.72. The Morgan fingerprint density at radius 1 is 1.18 bits per heavy atom. The van der Waals surface area contributed by atoms with Gasteiger partial charge >= 0.3 is 0 Å². The second-order valence-electron chi connectivity index (χ2n) is 4.75. The molecular formula is C16H14N6. The lowest BCUT2D eigenvalue weighted by Crippen LogP contribution is -2.02. The van der Waals surface area contributed by atoms with Gasteiger partial charge in [-0.05, 0) is 5.56 Å². The number of hydrogen-bond acceptors (Lipinski definition) is 5. The topological polar surface area (TPSA) is 107 Å². The Labute approximate surface area is 127 Å². The molecule has 0 fully saturated rings. The van der Waals surface area contributed by atoms with Crippen LogP contribution in [0.1, 0.15) is 11.1 Å². The van der Waals surface area contributed by atoms with Crippen LogP contribution in [-0.2, 0) is 6.54 Å². The van der Waals surface area contributed by atoms with E-state index in [0.717, 1.165) is 5.56 Å². The van der Waals surface area contributed by atoms with E-state index in [1.807, 2.05) is 42.5 Å². The van der Waals surface area contributed by atoms with Gasteiger partial charge in [0.1, 0.15) is 35.2 Å². The summed E-state index contributed by atoms with van der Waals surface area (Å²) in [6.45, 7) is 0.495. The van der Waals surface area contributed by atoms with E-state index in [4.69, 9.17) is 11.5 Å². The number of fused-ring (bicyclic) bond motifs is 1. The molecule has 0 aliphatic carbocycles. The van der Waals surface area contributed by atoms with Crippen LogP contribution < -0.4 is 11.5 Å². The molecule has 3 aromatic rings. The van der Waals surface area contributed by atoms with Gasteiger partial charge in [-0.25, -0.2) is 9.97 Å². The molecule has 0 spiro atoms. The SMILES string of the molecule is N#Cc1c(N)n(C/C=C/c2ccccc2)c2ncnc(N)c12. The quantitative estimate of drug-likeness (QED) is 0.768. The smallest absolute Gasteiger partial charge is 0.148 e. The normalized spacial score (nSPS) is 11.0. The summed E-state index contributed by atoms with van der Waals surface area (Å²) in [6, 6.07) is 12.0. The number of hydrogen-bond donors (Lipinski definition) is 2. The molecule has 1 aromatic carbocycles. The molecule has 6 heteroatoms. The van der Waals surface area contributed by atoms with Crippen molar-refractivity contribution in [3.8, 4) is 6.07 Å².